The van der Waals surface area contributed by atoms with E-state index in [2.05, 4.69) is 13.5 Å². The maximum atomic E-state index is 12.7. The zero-order valence-corrected chi connectivity index (χ0v) is 14.5. The molecule has 1 rings (SSSR count). The normalized spacial score (nSPS) is 17.0. The van der Waals surface area contributed by atoms with Gasteiger partial charge in [-0.3, -0.25) is 0 Å². The summed E-state index contributed by atoms with van der Waals surface area (Å²) in [7, 11) is -1.29. The second kappa shape index (κ2) is 7.90. The molecule has 21 heavy (non-hydrogen) atoms. The van der Waals surface area contributed by atoms with Gasteiger partial charge in [0, 0.05) is 15.2 Å². The quantitative estimate of drug-likeness (QED) is 0.763. The van der Waals surface area contributed by atoms with Crippen molar-refractivity contribution in [3.05, 3.63) is 41.3 Å². The predicted octanol–water partition coefficient (Wildman–Crippen LogP) is 4.58. The van der Waals surface area contributed by atoms with Crippen LogP contribution < -0.4 is 0 Å². The minimum absolute atomic E-state index is 0.496. The van der Waals surface area contributed by atoms with Crippen LogP contribution in [0.5, 0.6) is 0 Å². The van der Waals surface area contributed by atoms with Gasteiger partial charge in [-0.05, 0) is 31.9 Å². The second-order valence-corrected chi connectivity index (χ2v) is 7.44. The molecule has 0 aliphatic carbocycles. The van der Waals surface area contributed by atoms with Crippen LogP contribution in [0.1, 0.15) is 52.0 Å². The summed E-state index contributed by atoms with van der Waals surface area (Å²) < 4.78 is 12.7. The van der Waals surface area contributed by atoms with E-state index in [1.807, 2.05) is 45.0 Å². The second-order valence-electron chi connectivity index (χ2n) is 5.93. The molecule has 1 unspecified atom stereocenters. The highest BCUT2D eigenvalue weighted by Crippen LogP contribution is 2.39. The van der Waals surface area contributed by atoms with Crippen LogP contribution >= 0.6 is 0 Å². The lowest BCUT2D eigenvalue weighted by Crippen LogP contribution is -2.35. The van der Waals surface area contributed by atoms with Gasteiger partial charge in [0.15, 0.2) is 0 Å². The highest BCUT2D eigenvalue weighted by Gasteiger charge is 2.36. The first-order valence-electron chi connectivity index (χ1n) is 7.72. The fourth-order valence-corrected chi connectivity index (χ4v) is 3.72. The third-order valence-corrected chi connectivity index (χ3v) is 6.01. The third-order valence-electron chi connectivity index (χ3n) is 4.40. The van der Waals surface area contributed by atoms with E-state index in [1.165, 1.54) is 0 Å². The number of hydrogen-bond acceptors (Lipinski definition) is 2. The lowest BCUT2D eigenvalue weighted by molar-refractivity contribution is 0.0555. The number of aliphatic hydroxyl groups excluding tert-OH is 1. The van der Waals surface area contributed by atoms with E-state index in [0.717, 1.165) is 36.1 Å². The van der Waals surface area contributed by atoms with Crippen LogP contribution in [0.15, 0.2) is 40.6 Å². The summed E-state index contributed by atoms with van der Waals surface area (Å²) >= 11 is 0. The van der Waals surface area contributed by atoms with Crippen molar-refractivity contribution in [1.29, 1.82) is 0 Å². The fourth-order valence-electron chi connectivity index (χ4n) is 2.35. The van der Waals surface area contributed by atoms with Crippen LogP contribution in [0.3, 0.4) is 0 Å². The summed E-state index contributed by atoms with van der Waals surface area (Å²) in [5, 5.41) is 10.5. The van der Waals surface area contributed by atoms with Crippen LogP contribution in [0.25, 0.3) is 0 Å². The minimum Gasteiger partial charge on any atom is -0.392 e. The Morgan fingerprint density at radius 3 is 2.38 bits per heavy atom. The van der Waals surface area contributed by atoms with E-state index in [4.69, 9.17) is 0 Å². The van der Waals surface area contributed by atoms with Crippen LogP contribution in [-0.4, -0.2) is 15.4 Å². The Hall–Kier alpha value is -0.930. The van der Waals surface area contributed by atoms with Gasteiger partial charge in [-0.25, -0.2) is 4.21 Å². The molecule has 0 aliphatic heterocycles. The molecule has 0 heterocycles. The third kappa shape index (κ3) is 4.27. The molecule has 0 spiro atoms. The molecule has 0 aromatic heterocycles. The van der Waals surface area contributed by atoms with Crippen molar-refractivity contribution < 1.29 is 9.32 Å². The summed E-state index contributed by atoms with van der Waals surface area (Å²) in [5.41, 5.74) is 0.632. The molecule has 3 atom stereocenters. The van der Waals surface area contributed by atoms with Gasteiger partial charge in [0.2, 0.25) is 0 Å². The molecule has 0 bridgehead atoms. The summed E-state index contributed by atoms with van der Waals surface area (Å²) in [5.74, 6) is 0. The number of unbranched alkanes of at least 4 members (excludes halogenated alkanes) is 1. The molecule has 0 radical (unpaired) electrons. The van der Waals surface area contributed by atoms with Crippen molar-refractivity contribution in [3.63, 3.8) is 0 Å². The molecule has 2 nitrogen and oxygen atoms in total. The lowest BCUT2D eigenvalue weighted by atomic mass is 9.79. The van der Waals surface area contributed by atoms with Crippen LogP contribution in [-0.2, 0) is 10.8 Å². The predicted molar refractivity (Wildman–Crippen MR) is 90.7 cm³/mol. The molecule has 0 amide bonds. The largest absolute Gasteiger partial charge is 0.392 e. The maximum Gasteiger partial charge on any atom is 0.0808 e. The van der Waals surface area contributed by atoms with Crippen molar-refractivity contribution in [1.82, 2.24) is 0 Å². The molecular formula is C18H28O2S. The van der Waals surface area contributed by atoms with Crippen LogP contribution in [0, 0.1) is 12.3 Å². The Balaban J connectivity index is 2.96. The highest BCUT2D eigenvalue weighted by atomic mass is 32.2. The highest BCUT2D eigenvalue weighted by molar-refractivity contribution is 7.89. The average molecular weight is 308 g/mol. The van der Waals surface area contributed by atoms with Crippen molar-refractivity contribution >= 4 is 10.8 Å². The lowest BCUT2D eigenvalue weighted by Gasteiger charge is -2.35. The fraction of sp³-hybridized carbons (Fsp3) is 0.556. The number of benzene rings is 1. The standard InChI is InChI=1S/C18H28O2S/c1-6-8-9-17(19)18(5,7-2)15(4)21(20)16-12-10-14(3)11-13-16/h10-13,17,19H,4,6-9H2,1-3,5H3/t17-,18+,21?/m1/s1. The summed E-state index contributed by atoms with van der Waals surface area (Å²) in [6.45, 7) is 12.2. The molecule has 1 N–H and O–H groups in total. The van der Waals surface area contributed by atoms with E-state index in [9.17, 15) is 9.32 Å². The first-order chi connectivity index (χ1) is 9.86. The van der Waals surface area contributed by atoms with Gasteiger partial charge in [-0.2, -0.15) is 0 Å². The van der Waals surface area contributed by atoms with Crippen molar-refractivity contribution in [2.24, 2.45) is 5.41 Å². The Morgan fingerprint density at radius 2 is 1.90 bits per heavy atom. The van der Waals surface area contributed by atoms with E-state index >= 15 is 0 Å². The molecular weight excluding hydrogens is 280 g/mol. The van der Waals surface area contributed by atoms with E-state index in [-0.39, 0.29) is 0 Å². The van der Waals surface area contributed by atoms with E-state index in [0.29, 0.717) is 4.91 Å². The molecule has 0 saturated carbocycles. The zero-order valence-electron chi connectivity index (χ0n) is 13.7. The Labute approximate surface area is 131 Å². The Morgan fingerprint density at radius 1 is 1.33 bits per heavy atom. The van der Waals surface area contributed by atoms with Gasteiger partial charge in [0.25, 0.3) is 0 Å². The van der Waals surface area contributed by atoms with Gasteiger partial charge in [-0.1, -0.05) is 57.9 Å². The zero-order chi connectivity index (χ0) is 16.0. The minimum atomic E-state index is -1.29. The summed E-state index contributed by atoms with van der Waals surface area (Å²) in [6.07, 6.45) is 2.98. The van der Waals surface area contributed by atoms with Gasteiger partial charge in [-0.15, -0.1) is 0 Å². The first-order valence-corrected chi connectivity index (χ1v) is 8.87. The number of aliphatic hydroxyl groups is 1. The average Bonchev–Trinajstić information content (AvgIpc) is 2.50. The molecule has 0 saturated heterocycles. The maximum absolute atomic E-state index is 12.7. The monoisotopic (exact) mass is 308 g/mol. The summed E-state index contributed by atoms with van der Waals surface area (Å²) in [6, 6.07) is 7.67. The van der Waals surface area contributed by atoms with Crippen LogP contribution in [0.2, 0.25) is 0 Å². The Bertz CT molecular complexity index is 492. The van der Waals surface area contributed by atoms with Gasteiger partial charge in [0.1, 0.15) is 0 Å². The molecule has 0 fully saturated rings. The Kier molecular flexibility index (Phi) is 6.82. The van der Waals surface area contributed by atoms with Gasteiger partial charge >= 0.3 is 0 Å². The van der Waals surface area contributed by atoms with Crippen molar-refractivity contribution in [2.75, 3.05) is 0 Å². The number of aryl methyl sites for hydroxylation is 1. The topological polar surface area (TPSA) is 37.3 Å². The molecule has 0 aliphatic rings. The van der Waals surface area contributed by atoms with Gasteiger partial charge < -0.3 is 5.11 Å². The molecule has 3 heteroatoms. The van der Waals surface area contributed by atoms with E-state index in [1.54, 1.807) is 0 Å². The summed E-state index contributed by atoms with van der Waals surface area (Å²) in [4.78, 5) is 1.38. The van der Waals surface area contributed by atoms with Gasteiger partial charge in [0.05, 0.1) is 16.9 Å². The number of hydrogen-bond donors (Lipinski definition) is 1. The van der Waals surface area contributed by atoms with Crippen molar-refractivity contribution in [2.45, 2.75) is 64.4 Å². The van der Waals surface area contributed by atoms with E-state index < -0.39 is 22.3 Å². The van der Waals surface area contributed by atoms with Crippen molar-refractivity contribution in [3.8, 4) is 0 Å². The molecule has 1 aromatic carbocycles. The molecule has 118 valence electrons. The molecule has 1 aromatic rings. The number of rotatable bonds is 8. The smallest absolute Gasteiger partial charge is 0.0808 e. The van der Waals surface area contributed by atoms with Crippen LogP contribution in [0.4, 0.5) is 0 Å². The first kappa shape index (κ1) is 18.1. The SMILES string of the molecule is C=C(S(=O)c1ccc(C)cc1)[C@](C)(CC)[C@H](O)CCCC.